The summed E-state index contributed by atoms with van der Waals surface area (Å²) in [4.78, 5) is 21.3. The second-order valence-electron chi connectivity index (χ2n) is 6.18. The van der Waals surface area contributed by atoms with Gasteiger partial charge in [-0.05, 0) is 20.8 Å². The van der Waals surface area contributed by atoms with Gasteiger partial charge in [-0.1, -0.05) is 0 Å². The molecular formula is C15H24N4O2. The van der Waals surface area contributed by atoms with Crippen LogP contribution >= 0.6 is 0 Å². The molecule has 0 saturated carbocycles. The van der Waals surface area contributed by atoms with Crippen LogP contribution in [-0.2, 0) is 22.6 Å². The van der Waals surface area contributed by atoms with Crippen molar-refractivity contribution in [3.8, 4) is 0 Å². The first-order valence-electron chi connectivity index (χ1n) is 7.73. The second-order valence-corrected chi connectivity index (χ2v) is 6.18. The molecule has 1 amide bonds. The Morgan fingerprint density at radius 1 is 1.33 bits per heavy atom. The molecule has 1 aromatic heterocycles. The van der Waals surface area contributed by atoms with Gasteiger partial charge in [0.1, 0.15) is 5.82 Å². The molecule has 2 aliphatic rings. The Labute approximate surface area is 125 Å². The van der Waals surface area contributed by atoms with E-state index in [-0.39, 0.29) is 24.2 Å². The lowest BCUT2D eigenvalue weighted by atomic mass is 10.1. The van der Waals surface area contributed by atoms with Crippen LogP contribution in [0.1, 0.15) is 26.6 Å². The first-order chi connectivity index (χ1) is 10.0. The molecule has 1 fully saturated rings. The number of imidazole rings is 1. The van der Waals surface area contributed by atoms with Crippen LogP contribution in [0.15, 0.2) is 12.4 Å². The van der Waals surface area contributed by atoms with Gasteiger partial charge in [-0.15, -0.1) is 0 Å². The molecule has 0 spiro atoms. The van der Waals surface area contributed by atoms with Crippen LogP contribution in [0, 0.1) is 0 Å². The number of rotatable bonds is 2. The summed E-state index contributed by atoms with van der Waals surface area (Å²) < 4.78 is 7.87. The zero-order valence-electron chi connectivity index (χ0n) is 13.0. The normalized spacial score (nSPS) is 28.2. The highest BCUT2D eigenvalue weighted by Gasteiger charge is 2.32. The Balaban J connectivity index is 1.65. The molecule has 3 rings (SSSR count). The number of hydrogen-bond acceptors (Lipinski definition) is 4. The van der Waals surface area contributed by atoms with Crippen molar-refractivity contribution < 1.29 is 9.53 Å². The zero-order chi connectivity index (χ0) is 15.0. The number of hydrogen-bond donors (Lipinski definition) is 0. The Morgan fingerprint density at radius 2 is 2.05 bits per heavy atom. The van der Waals surface area contributed by atoms with E-state index >= 15 is 0 Å². The lowest BCUT2D eigenvalue weighted by molar-refractivity contribution is -0.148. The topological polar surface area (TPSA) is 50.6 Å². The molecule has 3 atom stereocenters. The molecule has 0 aromatic carbocycles. The van der Waals surface area contributed by atoms with Gasteiger partial charge in [0.05, 0.1) is 24.8 Å². The molecule has 0 aliphatic carbocycles. The first-order valence-corrected chi connectivity index (χ1v) is 7.73. The number of aromatic nitrogens is 2. The number of ether oxygens (including phenoxy) is 1. The van der Waals surface area contributed by atoms with E-state index in [2.05, 4.69) is 14.5 Å². The van der Waals surface area contributed by atoms with Gasteiger partial charge in [0, 0.05) is 38.6 Å². The van der Waals surface area contributed by atoms with Crippen LogP contribution in [0.3, 0.4) is 0 Å². The number of carbonyl (C=O) groups excluding carboxylic acids is 1. The summed E-state index contributed by atoms with van der Waals surface area (Å²) in [6.45, 7) is 9.98. The van der Waals surface area contributed by atoms with Gasteiger partial charge in [0.2, 0.25) is 5.91 Å². The minimum atomic E-state index is -0.104. The van der Waals surface area contributed by atoms with E-state index < -0.39 is 0 Å². The van der Waals surface area contributed by atoms with Crippen molar-refractivity contribution in [1.82, 2.24) is 19.4 Å². The molecule has 0 bridgehead atoms. The molecule has 0 N–H and O–H groups in total. The maximum atomic E-state index is 12.7. The summed E-state index contributed by atoms with van der Waals surface area (Å²) in [6.07, 6.45) is 4.07. The number of amides is 1. The summed E-state index contributed by atoms with van der Waals surface area (Å²) in [7, 11) is 0. The van der Waals surface area contributed by atoms with E-state index in [0.29, 0.717) is 13.1 Å². The van der Waals surface area contributed by atoms with Gasteiger partial charge in [-0.25, -0.2) is 4.98 Å². The fourth-order valence-electron chi connectivity index (χ4n) is 3.30. The third-order valence-corrected chi connectivity index (χ3v) is 4.41. The Kier molecular flexibility index (Phi) is 3.99. The highest BCUT2D eigenvalue weighted by molar-refractivity contribution is 5.81. The van der Waals surface area contributed by atoms with Crippen molar-refractivity contribution in [1.29, 1.82) is 0 Å². The minimum Gasteiger partial charge on any atom is -0.372 e. The first kappa shape index (κ1) is 14.5. The molecule has 6 heteroatoms. The van der Waals surface area contributed by atoms with Crippen molar-refractivity contribution >= 4 is 5.91 Å². The Morgan fingerprint density at radius 3 is 2.76 bits per heavy atom. The van der Waals surface area contributed by atoms with E-state index in [0.717, 1.165) is 25.5 Å². The maximum absolute atomic E-state index is 12.7. The molecule has 1 aromatic rings. The lowest BCUT2D eigenvalue weighted by Crippen LogP contribution is -2.55. The van der Waals surface area contributed by atoms with Gasteiger partial charge in [0.25, 0.3) is 0 Å². The SMILES string of the molecule is C[C@@H]1CN(C(=O)[C@H](C)N2CCn3ccnc3C2)C[C@@H](C)O1. The summed E-state index contributed by atoms with van der Waals surface area (Å²) in [5.41, 5.74) is 0. The van der Waals surface area contributed by atoms with Crippen molar-refractivity contribution in [3.63, 3.8) is 0 Å². The smallest absolute Gasteiger partial charge is 0.239 e. The van der Waals surface area contributed by atoms with Crippen LogP contribution in [-0.4, -0.2) is 63.1 Å². The third kappa shape index (κ3) is 2.96. The van der Waals surface area contributed by atoms with E-state index in [1.807, 2.05) is 38.1 Å². The molecule has 0 unspecified atom stereocenters. The molecule has 116 valence electrons. The molecule has 1 saturated heterocycles. The summed E-state index contributed by atoms with van der Waals surface area (Å²) >= 11 is 0. The van der Waals surface area contributed by atoms with Crippen LogP contribution in [0.5, 0.6) is 0 Å². The molecule has 6 nitrogen and oxygen atoms in total. The Hall–Kier alpha value is -1.40. The minimum absolute atomic E-state index is 0.104. The summed E-state index contributed by atoms with van der Waals surface area (Å²) in [5.74, 6) is 1.25. The van der Waals surface area contributed by atoms with E-state index in [4.69, 9.17) is 4.74 Å². The van der Waals surface area contributed by atoms with Gasteiger partial charge >= 0.3 is 0 Å². The fraction of sp³-hybridized carbons (Fsp3) is 0.733. The summed E-state index contributed by atoms with van der Waals surface area (Å²) in [6, 6.07) is -0.104. The van der Waals surface area contributed by atoms with Crippen molar-refractivity contribution in [2.75, 3.05) is 19.6 Å². The van der Waals surface area contributed by atoms with E-state index in [9.17, 15) is 4.79 Å². The van der Waals surface area contributed by atoms with Crippen molar-refractivity contribution in [2.45, 2.75) is 52.1 Å². The monoisotopic (exact) mass is 292 g/mol. The second kappa shape index (κ2) is 5.77. The lowest BCUT2D eigenvalue weighted by Gasteiger charge is -2.39. The average molecular weight is 292 g/mol. The van der Waals surface area contributed by atoms with Crippen LogP contribution in [0.4, 0.5) is 0 Å². The predicted octanol–water partition coefficient (Wildman–Crippen LogP) is 0.723. The zero-order valence-corrected chi connectivity index (χ0v) is 13.0. The third-order valence-electron chi connectivity index (χ3n) is 4.41. The van der Waals surface area contributed by atoms with Gasteiger partial charge < -0.3 is 14.2 Å². The average Bonchev–Trinajstić information content (AvgIpc) is 2.92. The van der Waals surface area contributed by atoms with Gasteiger partial charge in [-0.3, -0.25) is 9.69 Å². The molecule has 21 heavy (non-hydrogen) atoms. The number of morpholine rings is 1. The molecule has 3 heterocycles. The highest BCUT2D eigenvalue weighted by Crippen LogP contribution is 2.17. The van der Waals surface area contributed by atoms with Gasteiger partial charge in [-0.2, -0.15) is 0 Å². The van der Waals surface area contributed by atoms with Crippen molar-refractivity contribution in [3.05, 3.63) is 18.2 Å². The summed E-state index contributed by atoms with van der Waals surface area (Å²) in [5, 5.41) is 0. The highest BCUT2D eigenvalue weighted by atomic mass is 16.5. The molecule has 0 radical (unpaired) electrons. The van der Waals surface area contributed by atoms with E-state index in [1.165, 1.54) is 0 Å². The van der Waals surface area contributed by atoms with Gasteiger partial charge in [0.15, 0.2) is 0 Å². The van der Waals surface area contributed by atoms with Crippen LogP contribution in [0.2, 0.25) is 0 Å². The van der Waals surface area contributed by atoms with Crippen LogP contribution in [0.25, 0.3) is 0 Å². The van der Waals surface area contributed by atoms with E-state index in [1.54, 1.807) is 0 Å². The number of carbonyl (C=O) groups is 1. The number of fused-ring (bicyclic) bond motifs is 1. The molecule has 2 aliphatic heterocycles. The molecular weight excluding hydrogens is 268 g/mol. The maximum Gasteiger partial charge on any atom is 0.239 e. The quantitative estimate of drug-likeness (QED) is 0.806. The standard InChI is InChI=1S/C15H24N4O2/c1-11-8-19(9-12(2)21-11)15(20)13(3)18-7-6-17-5-4-16-14(17)10-18/h4-5,11-13H,6-10H2,1-3H3/t11-,12-,13+/m1/s1. The fourth-order valence-corrected chi connectivity index (χ4v) is 3.30. The predicted molar refractivity (Wildman–Crippen MR) is 78.7 cm³/mol. The van der Waals surface area contributed by atoms with Crippen molar-refractivity contribution in [2.24, 2.45) is 0 Å². The Bertz CT molecular complexity index is 506. The van der Waals surface area contributed by atoms with Crippen LogP contribution < -0.4 is 0 Å². The largest absolute Gasteiger partial charge is 0.372 e. The number of nitrogens with zero attached hydrogens (tertiary/aromatic N) is 4.